The first-order valence-corrected chi connectivity index (χ1v) is 8.74. The van der Waals surface area contributed by atoms with Crippen LogP contribution in [0, 0.1) is 0 Å². The monoisotopic (exact) mass is 423 g/mol. The van der Waals surface area contributed by atoms with E-state index in [0.29, 0.717) is 0 Å². The van der Waals surface area contributed by atoms with E-state index < -0.39 is 23.7 Å². The van der Waals surface area contributed by atoms with Crippen LogP contribution in [0.25, 0.3) is 22.4 Å². The van der Waals surface area contributed by atoms with Gasteiger partial charge in [-0.3, -0.25) is 0 Å². The van der Waals surface area contributed by atoms with Crippen LogP contribution in [0.4, 0.5) is 13.2 Å². The predicted molar refractivity (Wildman–Crippen MR) is 101 cm³/mol. The van der Waals surface area contributed by atoms with Crippen molar-refractivity contribution in [3.8, 4) is 17.2 Å². The highest BCUT2D eigenvalue weighted by Crippen LogP contribution is 2.37. The SMILES string of the molecule is COc1ccc(-c2nc(C(=O)O)c([C@H](C)BOCN)o2)c2ccc(C(F)(F)F)nc12. The summed E-state index contributed by atoms with van der Waals surface area (Å²) >= 11 is 0. The van der Waals surface area contributed by atoms with Crippen molar-refractivity contribution in [2.45, 2.75) is 18.9 Å². The number of carboxylic acid groups (broad SMARTS) is 1. The second-order valence-corrected chi connectivity index (χ2v) is 6.38. The van der Waals surface area contributed by atoms with Gasteiger partial charge in [0.05, 0.1) is 13.8 Å². The summed E-state index contributed by atoms with van der Waals surface area (Å²) < 4.78 is 55.2. The lowest BCUT2D eigenvalue weighted by atomic mass is 9.79. The molecular formula is C18H17BF3N3O5. The average molecular weight is 423 g/mol. The molecule has 3 rings (SSSR count). The Kier molecular flexibility index (Phi) is 5.99. The molecular weight excluding hydrogens is 406 g/mol. The molecule has 1 aromatic carbocycles. The summed E-state index contributed by atoms with van der Waals surface area (Å²) in [5.74, 6) is -1.67. The van der Waals surface area contributed by atoms with E-state index in [4.69, 9.17) is 19.5 Å². The highest BCUT2D eigenvalue weighted by molar-refractivity contribution is 6.29. The first kappa shape index (κ1) is 21.6. The Balaban J connectivity index is 2.18. The first-order chi connectivity index (χ1) is 14.2. The number of alkyl halides is 3. The van der Waals surface area contributed by atoms with Crippen LogP contribution >= 0.6 is 0 Å². The maximum atomic E-state index is 13.1. The number of aromatic nitrogens is 2. The maximum absolute atomic E-state index is 13.1. The molecule has 158 valence electrons. The smallest absolute Gasteiger partial charge is 0.433 e. The zero-order valence-electron chi connectivity index (χ0n) is 16.0. The normalized spacial score (nSPS) is 12.7. The van der Waals surface area contributed by atoms with Gasteiger partial charge in [-0.05, 0) is 24.3 Å². The van der Waals surface area contributed by atoms with Gasteiger partial charge in [0.1, 0.15) is 22.7 Å². The summed E-state index contributed by atoms with van der Waals surface area (Å²) in [5, 5.41) is 9.74. The second kappa shape index (κ2) is 8.32. The molecule has 0 radical (unpaired) electrons. The molecule has 0 bridgehead atoms. The lowest BCUT2D eigenvalue weighted by Crippen LogP contribution is -2.15. The average Bonchev–Trinajstić information content (AvgIpc) is 3.15. The number of carbonyl (C=O) groups is 1. The number of ether oxygens (including phenoxy) is 1. The standard InChI is InChI=1S/C18H17BF3N3O5/c1-8(19-29-7-23)15-14(17(26)27)25-16(30-15)10-3-5-11(28-2)13-9(10)4-6-12(24-13)18(20,21)22/h3-6,8,19H,7,23H2,1-2H3,(H,26,27)/t8-/m0/s1. The molecule has 0 spiro atoms. The topological polar surface area (TPSA) is 121 Å². The number of fused-ring (bicyclic) bond motifs is 1. The van der Waals surface area contributed by atoms with Crippen molar-refractivity contribution in [2.75, 3.05) is 13.8 Å². The van der Waals surface area contributed by atoms with Gasteiger partial charge < -0.3 is 24.6 Å². The van der Waals surface area contributed by atoms with Crippen molar-refractivity contribution in [1.82, 2.24) is 9.97 Å². The molecule has 0 aliphatic rings. The Hall–Kier alpha value is -3.12. The van der Waals surface area contributed by atoms with E-state index in [1.165, 1.54) is 25.3 Å². The Bertz CT molecular complexity index is 1090. The van der Waals surface area contributed by atoms with Gasteiger partial charge in [-0.15, -0.1) is 0 Å². The Morgan fingerprint density at radius 1 is 1.30 bits per heavy atom. The summed E-state index contributed by atoms with van der Waals surface area (Å²) in [7, 11) is 1.41. The fraction of sp³-hybridized carbons (Fsp3) is 0.278. The van der Waals surface area contributed by atoms with Gasteiger partial charge in [-0.1, -0.05) is 6.92 Å². The van der Waals surface area contributed by atoms with Gasteiger partial charge in [0.25, 0.3) is 7.48 Å². The molecule has 2 heterocycles. The van der Waals surface area contributed by atoms with Crippen LogP contribution in [0.15, 0.2) is 28.7 Å². The fourth-order valence-corrected chi connectivity index (χ4v) is 2.96. The summed E-state index contributed by atoms with van der Waals surface area (Å²) in [6, 6.07) is 4.97. The van der Waals surface area contributed by atoms with Crippen LogP contribution in [0.5, 0.6) is 5.75 Å². The summed E-state index contributed by atoms with van der Waals surface area (Å²) in [4.78, 5) is 19.3. The third-order valence-electron chi connectivity index (χ3n) is 4.35. The number of rotatable bonds is 7. The van der Waals surface area contributed by atoms with Crippen LogP contribution in [-0.2, 0) is 10.8 Å². The Morgan fingerprint density at radius 2 is 2.03 bits per heavy atom. The number of hydrogen-bond donors (Lipinski definition) is 2. The number of carboxylic acids is 1. The number of pyridine rings is 1. The van der Waals surface area contributed by atoms with Crippen molar-refractivity contribution in [3.05, 3.63) is 41.4 Å². The molecule has 0 saturated heterocycles. The third kappa shape index (κ3) is 4.09. The van der Waals surface area contributed by atoms with E-state index in [1.54, 1.807) is 6.92 Å². The number of oxazole rings is 1. The molecule has 12 heteroatoms. The lowest BCUT2D eigenvalue weighted by Gasteiger charge is -2.11. The molecule has 0 amide bonds. The Morgan fingerprint density at radius 3 is 2.63 bits per heavy atom. The number of aromatic carboxylic acids is 1. The molecule has 3 aromatic rings. The van der Waals surface area contributed by atoms with E-state index in [1.807, 2.05) is 0 Å². The molecule has 1 atom stereocenters. The number of benzene rings is 1. The minimum atomic E-state index is -4.64. The molecule has 3 N–H and O–H groups in total. The van der Waals surface area contributed by atoms with Crippen molar-refractivity contribution >= 4 is 24.4 Å². The fourth-order valence-electron chi connectivity index (χ4n) is 2.96. The first-order valence-electron chi connectivity index (χ1n) is 8.74. The number of nitrogens with zero attached hydrogens (tertiary/aromatic N) is 2. The predicted octanol–water partition coefficient (Wildman–Crippen LogP) is 2.96. The molecule has 8 nitrogen and oxygen atoms in total. The zero-order valence-corrected chi connectivity index (χ0v) is 16.0. The summed E-state index contributed by atoms with van der Waals surface area (Å²) in [6.07, 6.45) is -4.64. The maximum Gasteiger partial charge on any atom is 0.433 e. The van der Waals surface area contributed by atoms with Gasteiger partial charge in [-0.2, -0.15) is 13.2 Å². The number of hydrogen-bond acceptors (Lipinski definition) is 7. The van der Waals surface area contributed by atoms with Gasteiger partial charge in [0, 0.05) is 16.8 Å². The quantitative estimate of drug-likeness (QED) is 0.440. The molecule has 0 unspecified atom stereocenters. The van der Waals surface area contributed by atoms with Crippen molar-refractivity contribution in [1.29, 1.82) is 0 Å². The summed E-state index contributed by atoms with van der Waals surface area (Å²) in [6.45, 7) is 1.62. The molecule has 0 fully saturated rings. The highest BCUT2D eigenvalue weighted by atomic mass is 19.4. The molecule has 0 saturated carbocycles. The van der Waals surface area contributed by atoms with Gasteiger partial charge in [0.15, 0.2) is 5.69 Å². The van der Waals surface area contributed by atoms with Crippen LogP contribution in [0.2, 0.25) is 0 Å². The molecule has 30 heavy (non-hydrogen) atoms. The number of halogens is 3. The summed E-state index contributed by atoms with van der Waals surface area (Å²) in [5.41, 5.74) is 4.11. The van der Waals surface area contributed by atoms with Gasteiger partial charge in [0.2, 0.25) is 5.89 Å². The Labute approximate surface area is 169 Å². The zero-order chi connectivity index (χ0) is 22.1. The van der Waals surface area contributed by atoms with E-state index in [2.05, 4.69) is 9.97 Å². The molecule has 0 aliphatic carbocycles. The minimum absolute atomic E-state index is 0.0515. The molecule has 0 aliphatic heterocycles. The van der Waals surface area contributed by atoms with Crippen LogP contribution in [0.3, 0.4) is 0 Å². The minimum Gasteiger partial charge on any atom is -0.494 e. The number of methoxy groups -OCH3 is 1. The third-order valence-corrected chi connectivity index (χ3v) is 4.35. The van der Waals surface area contributed by atoms with Crippen molar-refractivity contribution in [2.24, 2.45) is 5.73 Å². The van der Waals surface area contributed by atoms with Gasteiger partial charge >= 0.3 is 12.1 Å². The van der Waals surface area contributed by atoms with Crippen molar-refractivity contribution in [3.63, 3.8) is 0 Å². The highest BCUT2D eigenvalue weighted by Gasteiger charge is 2.33. The van der Waals surface area contributed by atoms with Crippen molar-refractivity contribution < 1.29 is 36.9 Å². The largest absolute Gasteiger partial charge is 0.494 e. The van der Waals surface area contributed by atoms with Crippen LogP contribution in [0.1, 0.15) is 34.7 Å². The van der Waals surface area contributed by atoms with Gasteiger partial charge in [-0.25, -0.2) is 14.8 Å². The van der Waals surface area contributed by atoms with Crippen LogP contribution in [-0.4, -0.2) is 42.4 Å². The number of nitrogens with two attached hydrogens (primary N) is 1. The van der Waals surface area contributed by atoms with E-state index in [-0.39, 0.29) is 53.8 Å². The van der Waals surface area contributed by atoms with Crippen LogP contribution < -0.4 is 10.5 Å². The van der Waals surface area contributed by atoms with E-state index in [9.17, 15) is 23.1 Å². The lowest BCUT2D eigenvalue weighted by molar-refractivity contribution is -0.140. The second-order valence-electron chi connectivity index (χ2n) is 6.38. The van der Waals surface area contributed by atoms with E-state index in [0.717, 1.165) is 6.07 Å². The van der Waals surface area contributed by atoms with E-state index >= 15 is 0 Å². The molecule has 2 aromatic heterocycles.